The molecular weight excluding hydrogens is 176 g/mol. The van der Waals surface area contributed by atoms with Crippen LogP contribution < -0.4 is 4.74 Å². The first kappa shape index (κ1) is 9.53. The molecule has 1 aliphatic rings. The van der Waals surface area contributed by atoms with E-state index in [2.05, 4.69) is 19.1 Å². The van der Waals surface area contributed by atoms with Gasteiger partial charge in [0.15, 0.2) is 0 Å². The summed E-state index contributed by atoms with van der Waals surface area (Å²) in [6.07, 6.45) is 1.99. The van der Waals surface area contributed by atoms with Crippen LogP contribution in [-0.4, -0.2) is 18.3 Å². The number of aliphatic hydroxyl groups is 1. The van der Waals surface area contributed by atoms with Crippen molar-refractivity contribution in [3.05, 3.63) is 29.3 Å². The van der Waals surface area contributed by atoms with Crippen LogP contribution in [-0.2, 0) is 6.42 Å². The second-order valence-corrected chi connectivity index (χ2v) is 3.75. The molecular formula is C12H16O2. The van der Waals surface area contributed by atoms with Gasteiger partial charge in [0.2, 0.25) is 0 Å². The van der Waals surface area contributed by atoms with Crippen LogP contribution >= 0.6 is 0 Å². The Hall–Kier alpha value is -1.02. The van der Waals surface area contributed by atoms with Gasteiger partial charge in [0.1, 0.15) is 5.75 Å². The standard InChI is InChI=1S/C12H16O2/c1-2-9(8-13)10-3-4-12-11(7-10)5-6-14-12/h3-4,7,9,13H,2,5-6,8H2,1H3. The number of hydrogen-bond acceptors (Lipinski definition) is 2. The third-order valence-electron chi connectivity index (χ3n) is 2.90. The maximum Gasteiger partial charge on any atom is 0.122 e. The number of ether oxygens (including phenoxy) is 1. The minimum Gasteiger partial charge on any atom is -0.493 e. The summed E-state index contributed by atoms with van der Waals surface area (Å²) in [5.41, 5.74) is 2.52. The normalized spacial score (nSPS) is 16.1. The number of aliphatic hydroxyl groups excluding tert-OH is 1. The molecule has 76 valence electrons. The zero-order valence-corrected chi connectivity index (χ0v) is 8.49. The minimum atomic E-state index is 0.232. The Kier molecular flexibility index (Phi) is 2.73. The van der Waals surface area contributed by atoms with Gasteiger partial charge in [-0.15, -0.1) is 0 Å². The van der Waals surface area contributed by atoms with Crippen molar-refractivity contribution in [2.24, 2.45) is 0 Å². The molecule has 1 atom stereocenters. The molecule has 14 heavy (non-hydrogen) atoms. The molecule has 0 aromatic heterocycles. The Morgan fingerprint density at radius 2 is 2.36 bits per heavy atom. The van der Waals surface area contributed by atoms with Crippen molar-refractivity contribution < 1.29 is 9.84 Å². The lowest BCUT2D eigenvalue weighted by Gasteiger charge is -2.12. The van der Waals surface area contributed by atoms with E-state index < -0.39 is 0 Å². The van der Waals surface area contributed by atoms with E-state index in [9.17, 15) is 5.11 Å². The summed E-state index contributed by atoms with van der Waals surface area (Å²) in [4.78, 5) is 0. The Bertz CT molecular complexity index is 316. The molecule has 1 unspecified atom stereocenters. The van der Waals surface area contributed by atoms with Crippen molar-refractivity contribution in [2.45, 2.75) is 25.7 Å². The average molecular weight is 192 g/mol. The molecule has 0 amide bonds. The molecule has 0 saturated heterocycles. The molecule has 2 heteroatoms. The molecule has 1 aliphatic heterocycles. The van der Waals surface area contributed by atoms with Crippen LogP contribution in [0.2, 0.25) is 0 Å². The largest absolute Gasteiger partial charge is 0.493 e. The van der Waals surface area contributed by atoms with Crippen LogP contribution in [0.1, 0.15) is 30.4 Å². The van der Waals surface area contributed by atoms with Gasteiger partial charge in [0.25, 0.3) is 0 Å². The van der Waals surface area contributed by atoms with Gasteiger partial charge in [-0.05, 0) is 23.6 Å². The zero-order valence-electron chi connectivity index (χ0n) is 8.49. The summed E-state index contributed by atoms with van der Waals surface area (Å²) < 4.78 is 5.44. The summed E-state index contributed by atoms with van der Waals surface area (Å²) in [6.45, 7) is 3.13. The van der Waals surface area contributed by atoms with Crippen LogP contribution in [0.15, 0.2) is 18.2 Å². The van der Waals surface area contributed by atoms with Crippen LogP contribution in [0.4, 0.5) is 0 Å². The highest BCUT2D eigenvalue weighted by atomic mass is 16.5. The predicted octanol–water partition coefficient (Wildman–Crippen LogP) is 2.11. The number of fused-ring (bicyclic) bond motifs is 1. The Balaban J connectivity index is 2.27. The van der Waals surface area contributed by atoms with Gasteiger partial charge in [-0.3, -0.25) is 0 Å². The van der Waals surface area contributed by atoms with E-state index in [0.717, 1.165) is 25.2 Å². The maximum atomic E-state index is 9.20. The average Bonchev–Trinajstić information content (AvgIpc) is 2.66. The Morgan fingerprint density at radius 1 is 1.50 bits per heavy atom. The summed E-state index contributed by atoms with van der Waals surface area (Å²) >= 11 is 0. The smallest absolute Gasteiger partial charge is 0.122 e. The SMILES string of the molecule is CCC(CO)c1ccc2c(c1)CCO2. The fraction of sp³-hybridized carbons (Fsp3) is 0.500. The molecule has 1 N–H and O–H groups in total. The lowest BCUT2D eigenvalue weighted by atomic mass is 9.95. The Labute approximate surface area is 84.5 Å². The molecule has 0 fully saturated rings. The third kappa shape index (κ3) is 1.62. The fourth-order valence-electron chi connectivity index (χ4n) is 1.93. The molecule has 1 aromatic carbocycles. The van der Waals surface area contributed by atoms with Gasteiger partial charge >= 0.3 is 0 Å². The quantitative estimate of drug-likeness (QED) is 0.794. The molecule has 1 aromatic rings. The summed E-state index contributed by atoms with van der Waals surface area (Å²) in [5.74, 6) is 1.29. The zero-order chi connectivity index (χ0) is 9.97. The fourth-order valence-corrected chi connectivity index (χ4v) is 1.93. The van der Waals surface area contributed by atoms with Crippen LogP contribution in [0, 0.1) is 0 Å². The van der Waals surface area contributed by atoms with E-state index in [1.54, 1.807) is 0 Å². The van der Waals surface area contributed by atoms with Gasteiger partial charge in [0, 0.05) is 18.9 Å². The van der Waals surface area contributed by atoms with E-state index in [1.165, 1.54) is 11.1 Å². The second-order valence-electron chi connectivity index (χ2n) is 3.75. The molecule has 0 aliphatic carbocycles. The number of benzene rings is 1. The lowest BCUT2D eigenvalue weighted by Crippen LogP contribution is -2.02. The van der Waals surface area contributed by atoms with Crippen molar-refractivity contribution >= 4 is 0 Å². The van der Waals surface area contributed by atoms with E-state index in [-0.39, 0.29) is 12.5 Å². The molecule has 0 saturated carbocycles. The van der Waals surface area contributed by atoms with Crippen molar-refractivity contribution in [1.82, 2.24) is 0 Å². The highest BCUT2D eigenvalue weighted by molar-refractivity contribution is 5.40. The first-order chi connectivity index (χ1) is 6.85. The molecule has 2 rings (SSSR count). The Morgan fingerprint density at radius 3 is 3.07 bits per heavy atom. The molecule has 1 heterocycles. The van der Waals surface area contributed by atoms with Crippen LogP contribution in [0.5, 0.6) is 5.75 Å². The van der Waals surface area contributed by atoms with Crippen LogP contribution in [0.25, 0.3) is 0 Å². The van der Waals surface area contributed by atoms with Crippen molar-refractivity contribution in [2.75, 3.05) is 13.2 Å². The topological polar surface area (TPSA) is 29.5 Å². The van der Waals surface area contributed by atoms with Crippen molar-refractivity contribution in [3.8, 4) is 5.75 Å². The van der Waals surface area contributed by atoms with Gasteiger partial charge in [-0.2, -0.15) is 0 Å². The van der Waals surface area contributed by atoms with Crippen LogP contribution in [0.3, 0.4) is 0 Å². The van der Waals surface area contributed by atoms with Gasteiger partial charge in [-0.1, -0.05) is 19.1 Å². The lowest BCUT2D eigenvalue weighted by molar-refractivity contribution is 0.262. The maximum absolute atomic E-state index is 9.20. The number of hydrogen-bond donors (Lipinski definition) is 1. The predicted molar refractivity (Wildman–Crippen MR) is 55.8 cm³/mol. The minimum absolute atomic E-state index is 0.232. The first-order valence-electron chi connectivity index (χ1n) is 5.21. The molecule has 0 bridgehead atoms. The van der Waals surface area contributed by atoms with E-state index in [4.69, 9.17) is 4.74 Å². The number of rotatable bonds is 3. The van der Waals surface area contributed by atoms with Crippen molar-refractivity contribution in [3.63, 3.8) is 0 Å². The summed E-state index contributed by atoms with van der Waals surface area (Å²) in [7, 11) is 0. The van der Waals surface area contributed by atoms with Crippen molar-refractivity contribution in [1.29, 1.82) is 0 Å². The third-order valence-corrected chi connectivity index (χ3v) is 2.90. The monoisotopic (exact) mass is 192 g/mol. The molecule has 0 radical (unpaired) electrons. The van der Waals surface area contributed by atoms with Gasteiger partial charge < -0.3 is 9.84 Å². The summed E-state index contributed by atoms with van der Waals surface area (Å²) in [5, 5.41) is 9.20. The van der Waals surface area contributed by atoms with Gasteiger partial charge in [-0.25, -0.2) is 0 Å². The highest BCUT2D eigenvalue weighted by Gasteiger charge is 2.15. The second kappa shape index (κ2) is 4.01. The summed E-state index contributed by atoms with van der Waals surface area (Å²) in [6, 6.07) is 6.26. The van der Waals surface area contributed by atoms with Gasteiger partial charge in [0.05, 0.1) is 6.61 Å². The highest BCUT2D eigenvalue weighted by Crippen LogP contribution is 2.29. The van der Waals surface area contributed by atoms with E-state index in [1.807, 2.05) is 6.07 Å². The molecule has 0 spiro atoms. The first-order valence-corrected chi connectivity index (χ1v) is 5.21. The van der Waals surface area contributed by atoms with E-state index in [0.29, 0.717) is 0 Å². The van der Waals surface area contributed by atoms with E-state index >= 15 is 0 Å². The molecule has 2 nitrogen and oxygen atoms in total.